The van der Waals surface area contributed by atoms with Gasteiger partial charge < -0.3 is 10.1 Å². The molecule has 1 rings (SSSR count). The van der Waals surface area contributed by atoms with Crippen LogP contribution in [0.25, 0.3) is 0 Å². The summed E-state index contributed by atoms with van der Waals surface area (Å²) in [5.74, 6) is 0.0230. The van der Waals surface area contributed by atoms with E-state index in [1.165, 1.54) is 5.56 Å². The van der Waals surface area contributed by atoms with Crippen molar-refractivity contribution in [2.24, 2.45) is 0 Å². The van der Waals surface area contributed by atoms with E-state index in [1.54, 1.807) is 7.11 Å². The van der Waals surface area contributed by atoms with Gasteiger partial charge in [-0.05, 0) is 26.5 Å². The van der Waals surface area contributed by atoms with Gasteiger partial charge in [0.05, 0.1) is 13.2 Å². The molecule has 4 nitrogen and oxygen atoms in total. The number of nitrogens with one attached hydrogen (secondary N) is 1. The second kappa shape index (κ2) is 7.92. The van der Waals surface area contributed by atoms with E-state index in [0.717, 1.165) is 0 Å². The highest BCUT2D eigenvalue weighted by Crippen LogP contribution is 2.17. The summed E-state index contributed by atoms with van der Waals surface area (Å²) in [6.45, 7) is 4.94. The molecule has 0 unspecified atom stereocenters. The zero-order chi connectivity index (χ0) is 14.3. The lowest BCUT2D eigenvalue weighted by Crippen LogP contribution is -2.42. The van der Waals surface area contributed by atoms with Crippen molar-refractivity contribution < 1.29 is 9.53 Å². The van der Waals surface area contributed by atoms with E-state index in [2.05, 4.69) is 24.4 Å². The largest absolute Gasteiger partial charge is 0.383 e. The lowest BCUT2D eigenvalue weighted by Gasteiger charge is -2.25. The average molecular weight is 264 g/mol. The highest BCUT2D eigenvalue weighted by molar-refractivity contribution is 5.78. The van der Waals surface area contributed by atoms with Crippen molar-refractivity contribution in [3.63, 3.8) is 0 Å². The van der Waals surface area contributed by atoms with Gasteiger partial charge in [0.1, 0.15) is 0 Å². The zero-order valence-corrected chi connectivity index (χ0v) is 12.2. The first-order valence-corrected chi connectivity index (χ1v) is 6.58. The molecule has 0 spiro atoms. The van der Waals surface area contributed by atoms with Crippen molar-refractivity contribution >= 4 is 5.91 Å². The molecule has 4 heteroatoms. The number of ether oxygens (including phenoxy) is 1. The van der Waals surface area contributed by atoms with Gasteiger partial charge in [-0.25, -0.2) is 0 Å². The minimum atomic E-state index is 0.0230. The third-order valence-electron chi connectivity index (χ3n) is 3.16. The fraction of sp³-hybridized carbons (Fsp3) is 0.533. The van der Waals surface area contributed by atoms with Crippen molar-refractivity contribution in [3.05, 3.63) is 35.9 Å². The highest BCUT2D eigenvalue weighted by atomic mass is 16.5. The van der Waals surface area contributed by atoms with Crippen LogP contribution in [0.1, 0.15) is 25.5 Å². The number of hydrogen-bond acceptors (Lipinski definition) is 3. The summed E-state index contributed by atoms with van der Waals surface area (Å²) in [5.41, 5.74) is 1.21. The van der Waals surface area contributed by atoms with Gasteiger partial charge in [-0.3, -0.25) is 9.69 Å². The van der Waals surface area contributed by atoms with E-state index < -0.39 is 0 Å². The standard InChI is InChI=1S/C15H24N2O2/c1-12(11-19-4)16-15(18)10-17(3)13(2)14-8-6-5-7-9-14/h5-9,12-13H,10-11H2,1-4H3,(H,16,18)/t12-,13+/m1/s1. The topological polar surface area (TPSA) is 41.6 Å². The lowest BCUT2D eigenvalue weighted by molar-refractivity contribution is -0.123. The molecule has 1 aromatic carbocycles. The van der Waals surface area contributed by atoms with Crippen LogP contribution in [-0.4, -0.2) is 44.2 Å². The van der Waals surface area contributed by atoms with Gasteiger partial charge in [-0.15, -0.1) is 0 Å². The van der Waals surface area contributed by atoms with Crippen LogP contribution in [0.3, 0.4) is 0 Å². The van der Waals surface area contributed by atoms with Crippen LogP contribution in [0, 0.1) is 0 Å². The van der Waals surface area contributed by atoms with Crippen LogP contribution >= 0.6 is 0 Å². The second-order valence-corrected chi connectivity index (χ2v) is 4.93. The van der Waals surface area contributed by atoms with Crippen LogP contribution < -0.4 is 5.32 Å². The Labute approximate surface area is 115 Å². The van der Waals surface area contributed by atoms with E-state index in [0.29, 0.717) is 13.2 Å². The molecule has 1 N–H and O–H groups in total. The third-order valence-corrected chi connectivity index (χ3v) is 3.16. The zero-order valence-electron chi connectivity index (χ0n) is 12.2. The monoisotopic (exact) mass is 264 g/mol. The quantitative estimate of drug-likeness (QED) is 0.817. The van der Waals surface area contributed by atoms with E-state index in [9.17, 15) is 4.79 Å². The lowest BCUT2D eigenvalue weighted by atomic mass is 10.1. The number of nitrogens with zero attached hydrogens (tertiary/aromatic N) is 1. The Bertz CT molecular complexity index is 381. The Kier molecular flexibility index (Phi) is 6.53. The maximum atomic E-state index is 11.9. The number of benzene rings is 1. The van der Waals surface area contributed by atoms with Crippen molar-refractivity contribution in [1.82, 2.24) is 10.2 Å². The first-order chi connectivity index (χ1) is 9.04. The molecule has 0 aromatic heterocycles. The molecule has 0 radical (unpaired) electrons. The molecule has 1 aromatic rings. The normalized spacial score (nSPS) is 14.2. The Morgan fingerprint density at radius 2 is 1.95 bits per heavy atom. The summed E-state index contributed by atoms with van der Waals surface area (Å²) in [6, 6.07) is 10.4. The number of rotatable bonds is 7. The molecule has 0 saturated heterocycles. The van der Waals surface area contributed by atoms with Gasteiger partial charge in [-0.2, -0.15) is 0 Å². The molecule has 0 aliphatic rings. The molecule has 0 bridgehead atoms. The summed E-state index contributed by atoms with van der Waals surface area (Å²) in [6.07, 6.45) is 0. The number of carbonyl (C=O) groups is 1. The van der Waals surface area contributed by atoms with Crippen LogP contribution in [0.5, 0.6) is 0 Å². The van der Waals surface area contributed by atoms with Gasteiger partial charge in [0, 0.05) is 19.2 Å². The first-order valence-electron chi connectivity index (χ1n) is 6.58. The number of likely N-dealkylation sites (N-methyl/N-ethyl adjacent to an activating group) is 1. The Hall–Kier alpha value is -1.39. The fourth-order valence-corrected chi connectivity index (χ4v) is 1.96. The third kappa shape index (κ3) is 5.41. The minimum Gasteiger partial charge on any atom is -0.383 e. The average Bonchev–Trinajstić information content (AvgIpc) is 2.38. The van der Waals surface area contributed by atoms with E-state index in [1.807, 2.05) is 37.1 Å². The second-order valence-electron chi connectivity index (χ2n) is 4.93. The van der Waals surface area contributed by atoms with Gasteiger partial charge in [0.2, 0.25) is 5.91 Å². The maximum Gasteiger partial charge on any atom is 0.234 e. The molecule has 0 aliphatic heterocycles. The predicted octanol–water partition coefficient (Wildman–Crippen LogP) is 1.83. The van der Waals surface area contributed by atoms with Gasteiger partial charge in [-0.1, -0.05) is 30.3 Å². The molecule has 19 heavy (non-hydrogen) atoms. The first kappa shape index (κ1) is 15.7. The molecule has 0 fully saturated rings. The highest BCUT2D eigenvalue weighted by Gasteiger charge is 2.15. The van der Waals surface area contributed by atoms with Crippen LogP contribution in [0.15, 0.2) is 30.3 Å². The molecular weight excluding hydrogens is 240 g/mol. The number of methoxy groups -OCH3 is 1. The maximum absolute atomic E-state index is 11.9. The van der Waals surface area contributed by atoms with Crippen LogP contribution in [-0.2, 0) is 9.53 Å². The summed E-state index contributed by atoms with van der Waals surface area (Å²) in [5, 5.41) is 2.91. The fourth-order valence-electron chi connectivity index (χ4n) is 1.96. The van der Waals surface area contributed by atoms with Gasteiger partial charge >= 0.3 is 0 Å². The Balaban J connectivity index is 2.46. The van der Waals surface area contributed by atoms with E-state index >= 15 is 0 Å². The molecule has 1 amide bonds. The predicted molar refractivity (Wildman–Crippen MR) is 77.0 cm³/mol. The molecule has 0 saturated carbocycles. The molecule has 0 aliphatic carbocycles. The Morgan fingerprint density at radius 1 is 1.32 bits per heavy atom. The van der Waals surface area contributed by atoms with Gasteiger partial charge in [0.25, 0.3) is 0 Å². The SMILES string of the molecule is COC[C@@H](C)NC(=O)CN(C)[C@@H](C)c1ccccc1. The minimum absolute atomic E-state index is 0.0230. The summed E-state index contributed by atoms with van der Waals surface area (Å²) in [7, 11) is 3.59. The molecule has 2 atom stereocenters. The number of hydrogen-bond donors (Lipinski definition) is 1. The van der Waals surface area contributed by atoms with E-state index in [4.69, 9.17) is 4.74 Å². The summed E-state index contributed by atoms with van der Waals surface area (Å²) >= 11 is 0. The molecule has 106 valence electrons. The molecule has 0 heterocycles. The van der Waals surface area contributed by atoms with Crippen molar-refractivity contribution in [1.29, 1.82) is 0 Å². The van der Waals surface area contributed by atoms with E-state index in [-0.39, 0.29) is 18.0 Å². The van der Waals surface area contributed by atoms with Crippen molar-refractivity contribution in [3.8, 4) is 0 Å². The van der Waals surface area contributed by atoms with Crippen LogP contribution in [0.4, 0.5) is 0 Å². The van der Waals surface area contributed by atoms with Crippen molar-refractivity contribution in [2.75, 3.05) is 27.3 Å². The Morgan fingerprint density at radius 3 is 2.53 bits per heavy atom. The smallest absolute Gasteiger partial charge is 0.234 e. The number of amides is 1. The van der Waals surface area contributed by atoms with Gasteiger partial charge in [0.15, 0.2) is 0 Å². The van der Waals surface area contributed by atoms with Crippen molar-refractivity contribution in [2.45, 2.75) is 25.9 Å². The summed E-state index contributed by atoms with van der Waals surface area (Å²) in [4.78, 5) is 13.9. The molecular formula is C15H24N2O2. The van der Waals surface area contributed by atoms with Crippen LogP contribution in [0.2, 0.25) is 0 Å². The summed E-state index contributed by atoms with van der Waals surface area (Å²) < 4.78 is 5.00. The number of carbonyl (C=O) groups excluding carboxylic acids is 1.